The molecule has 0 bridgehead atoms. The van der Waals surface area contributed by atoms with Gasteiger partial charge in [0.2, 0.25) is 0 Å². The third-order valence-corrected chi connectivity index (χ3v) is 7.52. The summed E-state index contributed by atoms with van der Waals surface area (Å²) in [5.74, 6) is 1.77. The fourth-order valence-corrected chi connectivity index (χ4v) is 5.29. The molecule has 8 nitrogen and oxygen atoms in total. The lowest BCUT2D eigenvalue weighted by Gasteiger charge is -2.35. The smallest absolute Gasteiger partial charge is 0.185 e. The zero-order valence-corrected chi connectivity index (χ0v) is 21.1. The van der Waals surface area contributed by atoms with E-state index in [0.29, 0.717) is 46.4 Å². The highest BCUT2D eigenvalue weighted by atomic mass is 19.1. The number of alkyl halides is 1. The van der Waals surface area contributed by atoms with Gasteiger partial charge in [-0.25, -0.2) is 14.4 Å². The van der Waals surface area contributed by atoms with Gasteiger partial charge in [0.1, 0.15) is 18.0 Å². The quantitative estimate of drug-likeness (QED) is 0.424. The van der Waals surface area contributed by atoms with Crippen LogP contribution in [0.3, 0.4) is 0 Å². The molecule has 192 valence electrons. The van der Waals surface area contributed by atoms with Gasteiger partial charge in [-0.3, -0.25) is 0 Å². The van der Waals surface area contributed by atoms with Crippen molar-refractivity contribution in [3.8, 4) is 40.1 Å². The third kappa shape index (κ3) is 5.19. The lowest BCUT2D eigenvalue weighted by atomic mass is 9.94. The molecule has 2 aromatic heterocycles. The van der Waals surface area contributed by atoms with Crippen molar-refractivity contribution < 1.29 is 14.2 Å². The van der Waals surface area contributed by atoms with E-state index in [-0.39, 0.29) is 23.5 Å². The second-order valence-corrected chi connectivity index (χ2v) is 9.92. The molecule has 37 heavy (non-hydrogen) atoms. The summed E-state index contributed by atoms with van der Waals surface area (Å²) in [6, 6.07) is 8.90. The summed E-state index contributed by atoms with van der Waals surface area (Å²) >= 11 is 0. The van der Waals surface area contributed by atoms with Gasteiger partial charge in [-0.05, 0) is 55.4 Å². The predicted molar refractivity (Wildman–Crippen MR) is 138 cm³/mol. The maximum Gasteiger partial charge on any atom is 0.185 e. The van der Waals surface area contributed by atoms with Crippen LogP contribution in [0.25, 0.3) is 22.5 Å². The molecule has 0 spiro atoms. The molecule has 0 radical (unpaired) electrons. The molecule has 2 heterocycles. The van der Waals surface area contributed by atoms with Crippen LogP contribution in [0.2, 0.25) is 0 Å². The molecule has 0 aliphatic heterocycles. The maximum atomic E-state index is 15.2. The zero-order chi connectivity index (χ0) is 25.9. The van der Waals surface area contributed by atoms with Crippen molar-refractivity contribution in [2.75, 3.05) is 12.0 Å². The second-order valence-electron chi connectivity index (χ2n) is 9.92. The molecule has 2 fully saturated rings. The summed E-state index contributed by atoms with van der Waals surface area (Å²) in [5.41, 5.74) is 2.04. The number of nitrogens with zero attached hydrogens (tertiary/aromatic N) is 6. The lowest BCUT2D eigenvalue weighted by molar-refractivity contribution is 0.247. The van der Waals surface area contributed by atoms with Crippen molar-refractivity contribution in [1.29, 1.82) is 5.26 Å². The summed E-state index contributed by atoms with van der Waals surface area (Å²) in [4.78, 5) is 10.8. The van der Waals surface area contributed by atoms with Crippen LogP contribution in [-0.4, -0.2) is 50.6 Å². The van der Waals surface area contributed by atoms with Crippen LogP contribution >= 0.6 is 0 Å². The number of halogens is 1. The van der Waals surface area contributed by atoms with Crippen molar-refractivity contribution in [2.45, 2.75) is 70.1 Å². The molecule has 2 aliphatic carbocycles. The number of anilines is 1. The van der Waals surface area contributed by atoms with E-state index in [2.05, 4.69) is 32.0 Å². The Bertz CT molecular complexity index is 1290. The predicted octanol–water partition coefficient (Wildman–Crippen LogP) is 5.46. The Morgan fingerprint density at radius 1 is 1.11 bits per heavy atom. The monoisotopic (exact) mass is 502 g/mol. The third-order valence-electron chi connectivity index (χ3n) is 7.52. The first-order chi connectivity index (χ1) is 18.0. The Morgan fingerprint density at radius 2 is 1.95 bits per heavy atom. The van der Waals surface area contributed by atoms with Crippen LogP contribution in [0.1, 0.15) is 57.6 Å². The van der Waals surface area contributed by atoms with Gasteiger partial charge in [0.25, 0.3) is 0 Å². The molecule has 3 aromatic rings. The number of hydrogen-bond acceptors (Lipinski definition) is 8. The van der Waals surface area contributed by atoms with Gasteiger partial charge in [0, 0.05) is 17.8 Å². The van der Waals surface area contributed by atoms with Crippen LogP contribution < -0.4 is 9.64 Å². The molecule has 2 aliphatic rings. The normalized spacial score (nSPS) is 21.6. The summed E-state index contributed by atoms with van der Waals surface area (Å²) in [7, 11) is 1.48. The minimum atomic E-state index is -0.884. The zero-order valence-electron chi connectivity index (χ0n) is 21.1. The van der Waals surface area contributed by atoms with E-state index in [1.807, 2.05) is 12.1 Å². The molecule has 1 aromatic carbocycles. The highest BCUT2D eigenvalue weighted by molar-refractivity contribution is 5.73. The first kappa shape index (κ1) is 24.9. The van der Waals surface area contributed by atoms with Crippen LogP contribution in [0.15, 0.2) is 36.7 Å². The van der Waals surface area contributed by atoms with Crippen LogP contribution in [0.5, 0.6) is 11.5 Å². The number of nitriles is 1. The van der Waals surface area contributed by atoms with Gasteiger partial charge < -0.3 is 14.7 Å². The Hall–Kier alpha value is -3.80. The van der Waals surface area contributed by atoms with E-state index in [0.717, 1.165) is 38.5 Å². The summed E-state index contributed by atoms with van der Waals surface area (Å²) in [6.07, 6.45) is 8.87. The van der Waals surface area contributed by atoms with E-state index < -0.39 is 6.17 Å². The molecule has 2 saturated carbocycles. The highest BCUT2D eigenvalue weighted by Gasteiger charge is 2.40. The largest absolute Gasteiger partial charge is 0.507 e. The Morgan fingerprint density at radius 3 is 2.59 bits per heavy atom. The van der Waals surface area contributed by atoms with Crippen molar-refractivity contribution in [2.24, 2.45) is 5.92 Å². The van der Waals surface area contributed by atoms with Gasteiger partial charge in [-0.15, -0.1) is 10.2 Å². The summed E-state index contributed by atoms with van der Waals surface area (Å²) in [5, 5.41) is 28.7. The Balaban J connectivity index is 1.40. The Labute approximate surface area is 216 Å². The van der Waals surface area contributed by atoms with Crippen LogP contribution in [0.4, 0.5) is 10.2 Å². The summed E-state index contributed by atoms with van der Waals surface area (Å²) < 4.78 is 20.5. The fraction of sp³-hybridized carbons (Fsp3) is 0.464. The highest BCUT2D eigenvalue weighted by Crippen LogP contribution is 2.39. The Kier molecular flexibility index (Phi) is 7.17. The molecular weight excluding hydrogens is 471 g/mol. The van der Waals surface area contributed by atoms with Crippen LogP contribution in [0, 0.1) is 17.2 Å². The lowest BCUT2D eigenvalue weighted by Crippen LogP contribution is -2.44. The number of aromatic hydroxyl groups is 1. The number of phenolic OH excluding ortho intramolecular Hbond substituents is 1. The average molecular weight is 503 g/mol. The number of phenols is 1. The van der Waals surface area contributed by atoms with Gasteiger partial charge in [0.05, 0.1) is 24.9 Å². The molecule has 0 unspecified atom stereocenters. The average Bonchev–Trinajstić information content (AvgIpc) is 3.78. The number of benzene rings is 1. The van der Waals surface area contributed by atoms with E-state index in [1.54, 1.807) is 30.6 Å². The molecular formula is C28H31FN6O2. The number of methoxy groups -OCH3 is 1. The molecule has 5 rings (SSSR count). The fourth-order valence-electron chi connectivity index (χ4n) is 5.29. The van der Waals surface area contributed by atoms with E-state index in [1.165, 1.54) is 7.11 Å². The maximum absolute atomic E-state index is 15.2. The van der Waals surface area contributed by atoms with E-state index in [9.17, 15) is 5.11 Å². The molecule has 0 amide bonds. The minimum absolute atomic E-state index is 0.00666. The van der Waals surface area contributed by atoms with Crippen molar-refractivity contribution >= 4 is 5.82 Å². The molecule has 0 saturated heterocycles. The number of aromatic nitrogens is 4. The minimum Gasteiger partial charge on any atom is -0.507 e. The van der Waals surface area contributed by atoms with Gasteiger partial charge in [0.15, 0.2) is 23.1 Å². The van der Waals surface area contributed by atoms with Crippen molar-refractivity contribution in [1.82, 2.24) is 20.2 Å². The van der Waals surface area contributed by atoms with Gasteiger partial charge in [-0.2, -0.15) is 5.26 Å². The van der Waals surface area contributed by atoms with E-state index >= 15 is 4.39 Å². The first-order valence-electron chi connectivity index (χ1n) is 12.9. The number of hydrogen-bond donors (Lipinski definition) is 1. The van der Waals surface area contributed by atoms with E-state index in [4.69, 9.17) is 10.00 Å². The van der Waals surface area contributed by atoms with Gasteiger partial charge >= 0.3 is 0 Å². The van der Waals surface area contributed by atoms with Gasteiger partial charge in [-0.1, -0.05) is 32.3 Å². The van der Waals surface area contributed by atoms with Crippen molar-refractivity contribution in [3.63, 3.8) is 0 Å². The second kappa shape index (κ2) is 10.7. The number of rotatable bonds is 7. The first-order valence-corrected chi connectivity index (χ1v) is 12.9. The van der Waals surface area contributed by atoms with Crippen LogP contribution in [-0.2, 0) is 0 Å². The summed E-state index contributed by atoms with van der Waals surface area (Å²) in [6.45, 7) is 2.18. The molecule has 3 atom stereocenters. The molecule has 1 N–H and O–H groups in total. The standard InChI is InChI=1S/C28H31FN6O2/c1-3-17-5-4-6-22(29)24(11-17)35(20-8-9-20)27-16-32-28(34-33-27)21-10-7-18(12-25(21)36)19-13-26(37-2)23(14-30)31-15-19/h7,10,12-13,15-17,20,22,24,36H,3-6,8-9,11H2,1-2H3/t17-,22+,24-/m1/s1. The number of pyridine rings is 1. The molecule has 9 heteroatoms. The van der Waals surface area contributed by atoms with Crippen molar-refractivity contribution in [3.05, 3.63) is 42.4 Å². The SMILES string of the molecule is CC[C@@H]1CCC[C@H](F)[C@H](N(c2cnc(-c3ccc(-c4cnc(C#N)c(OC)c4)cc3O)nn2)C2CC2)C1. The number of ether oxygens (including phenoxy) is 1. The topological polar surface area (TPSA) is 108 Å².